The molecule has 1 aliphatic heterocycles. The Kier molecular flexibility index (Phi) is 5.56. The van der Waals surface area contributed by atoms with Crippen LogP contribution in [0.2, 0.25) is 0 Å². The van der Waals surface area contributed by atoms with Crippen LogP contribution in [-0.2, 0) is 0 Å². The van der Waals surface area contributed by atoms with E-state index in [2.05, 4.69) is 27.1 Å². The van der Waals surface area contributed by atoms with Gasteiger partial charge in [0.1, 0.15) is 5.75 Å². The van der Waals surface area contributed by atoms with Gasteiger partial charge in [0, 0.05) is 43.4 Å². The van der Waals surface area contributed by atoms with Crippen molar-refractivity contribution in [3.63, 3.8) is 0 Å². The van der Waals surface area contributed by atoms with Crippen molar-refractivity contribution < 1.29 is 9.53 Å². The number of benzene rings is 1. The van der Waals surface area contributed by atoms with Crippen molar-refractivity contribution in [3.05, 3.63) is 78.5 Å². The number of aromatic nitrogens is 3. The number of rotatable bonds is 4. The normalized spacial score (nSPS) is 17.0. The summed E-state index contributed by atoms with van der Waals surface area (Å²) in [4.78, 5) is 27.2. The van der Waals surface area contributed by atoms with Crippen molar-refractivity contribution in [2.45, 2.75) is 25.2 Å². The zero-order valence-corrected chi connectivity index (χ0v) is 15.6. The molecule has 1 atom stereocenters. The molecule has 6 heteroatoms. The topological polar surface area (TPSA) is 68.2 Å². The summed E-state index contributed by atoms with van der Waals surface area (Å²) >= 11 is 0. The number of hydrogen-bond acceptors (Lipinski definition) is 5. The largest absolute Gasteiger partial charge is 0.437 e. The maximum atomic E-state index is 13.0. The van der Waals surface area contributed by atoms with Gasteiger partial charge < -0.3 is 9.64 Å². The Morgan fingerprint density at radius 2 is 1.89 bits per heavy atom. The van der Waals surface area contributed by atoms with Crippen LogP contribution in [0.25, 0.3) is 0 Å². The molecular formula is C22H22N4O2. The predicted molar refractivity (Wildman–Crippen MR) is 105 cm³/mol. The Balaban J connectivity index is 1.43. The number of carbonyl (C=O) groups excluding carboxylic acids is 1. The van der Waals surface area contributed by atoms with Crippen molar-refractivity contribution in [2.75, 3.05) is 13.1 Å². The molecular weight excluding hydrogens is 352 g/mol. The molecule has 1 unspecified atom stereocenters. The molecule has 0 saturated carbocycles. The molecule has 28 heavy (non-hydrogen) atoms. The summed E-state index contributed by atoms with van der Waals surface area (Å²) in [6.07, 6.45) is 11.4. The van der Waals surface area contributed by atoms with Crippen LogP contribution in [0, 0.1) is 0 Å². The van der Waals surface area contributed by atoms with Crippen LogP contribution >= 0.6 is 0 Å². The maximum absolute atomic E-state index is 13.0. The van der Waals surface area contributed by atoms with Gasteiger partial charge in [-0.3, -0.25) is 14.8 Å². The minimum atomic E-state index is 0.0416. The van der Waals surface area contributed by atoms with Crippen LogP contribution in [0.5, 0.6) is 11.6 Å². The molecule has 1 saturated heterocycles. The highest BCUT2D eigenvalue weighted by atomic mass is 16.5. The summed E-state index contributed by atoms with van der Waals surface area (Å²) in [6.45, 7) is 1.52. The van der Waals surface area contributed by atoms with Crippen LogP contribution in [0.1, 0.15) is 41.1 Å². The fourth-order valence-corrected chi connectivity index (χ4v) is 3.60. The molecule has 3 aromatic rings. The lowest BCUT2D eigenvalue weighted by Crippen LogP contribution is -2.31. The van der Waals surface area contributed by atoms with Gasteiger partial charge in [0.15, 0.2) is 0 Å². The zero-order chi connectivity index (χ0) is 19.2. The Morgan fingerprint density at radius 1 is 1.00 bits per heavy atom. The van der Waals surface area contributed by atoms with E-state index < -0.39 is 0 Å². The summed E-state index contributed by atoms with van der Waals surface area (Å²) < 4.78 is 5.71. The second-order valence-electron chi connectivity index (χ2n) is 6.87. The third-order valence-electron chi connectivity index (χ3n) is 5.04. The lowest BCUT2D eigenvalue weighted by atomic mass is 9.93. The molecule has 0 aliphatic carbocycles. The summed E-state index contributed by atoms with van der Waals surface area (Å²) in [7, 11) is 0. The molecule has 2 aromatic heterocycles. The fourth-order valence-electron chi connectivity index (χ4n) is 3.60. The van der Waals surface area contributed by atoms with E-state index in [1.54, 1.807) is 24.7 Å². The van der Waals surface area contributed by atoms with Crippen molar-refractivity contribution in [2.24, 2.45) is 0 Å². The third kappa shape index (κ3) is 4.34. The van der Waals surface area contributed by atoms with E-state index in [-0.39, 0.29) is 5.91 Å². The van der Waals surface area contributed by atoms with Gasteiger partial charge in [-0.15, -0.1) is 0 Å². The number of hydrogen-bond donors (Lipinski definition) is 0. The number of amides is 1. The van der Waals surface area contributed by atoms with Gasteiger partial charge in [-0.25, -0.2) is 4.98 Å². The van der Waals surface area contributed by atoms with E-state index in [4.69, 9.17) is 4.74 Å². The smallest absolute Gasteiger partial charge is 0.253 e. The molecule has 1 aliphatic rings. The van der Waals surface area contributed by atoms with Crippen LogP contribution in [0.15, 0.2) is 67.4 Å². The van der Waals surface area contributed by atoms with E-state index in [1.165, 1.54) is 5.56 Å². The molecule has 1 fully saturated rings. The average molecular weight is 374 g/mol. The van der Waals surface area contributed by atoms with Gasteiger partial charge >= 0.3 is 0 Å². The highest BCUT2D eigenvalue weighted by Crippen LogP contribution is 2.28. The quantitative estimate of drug-likeness (QED) is 0.688. The predicted octanol–water partition coefficient (Wildman–Crippen LogP) is 4.07. The second-order valence-corrected chi connectivity index (χ2v) is 6.87. The summed E-state index contributed by atoms with van der Waals surface area (Å²) in [5.41, 5.74) is 1.94. The van der Waals surface area contributed by atoms with Gasteiger partial charge in [0.05, 0.1) is 6.20 Å². The molecule has 0 spiro atoms. The van der Waals surface area contributed by atoms with Crippen molar-refractivity contribution in [1.29, 1.82) is 0 Å². The first-order chi connectivity index (χ1) is 13.8. The lowest BCUT2D eigenvalue weighted by molar-refractivity contribution is 0.0760. The molecule has 1 aromatic carbocycles. The lowest BCUT2D eigenvalue weighted by Gasteiger charge is -2.21. The van der Waals surface area contributed by atoms with Gasteiger partial charge in [-0.05, 0) is 61.1 Å². The Hall–Kier alpha value is -3.28. The molecule has 3 heterocycles. The molecule has 4 rings (SSSR count). The van der Waals surface area contributed by atoms with Crippen molar-refractivity contribution in [1.82, 2.24) is 19.9 Å². The number of nitrogens with zero attached hydrogens (tertiary/aromatic N) is 4. The van der Waals surface area contributed by atoms with E-state index in [1.807, 2.05) is 35.5 Å². The second kappa shape index (κ2) is 8.61. The standard InChI is InChI=1S/C22H22N4O2/c27-22(19-3-1-5-20(15-19)28-21-16-24-11-12-25-21)26-13-2-4-17(8-14-26)18-6-9-23-10-7-18/h1,3,5-7,9-12,15-17H,2,4,8,13-14H2. The van der Waals surface area contributed by atoms with E-state index >= 15 is 0 Å². The molecule has 142 valence electrons. The highest BCUT2D eigenvalue weighted by molar-refractivity contribution is 5.94. The van der Waals surface area contributed by atoms with E-state index in [0.717, 1.165) is 32.4 Å². The molecule has 0 N–H and O–H groups in total. The van der Waals surface area contributed by atoms with Gasteiger partial charge in [-0.1, -0.05) is 6.07 Å². The number of ether oxygens (including phenoxy) is 1. The molecule has 0 bridgehead atoms. The Bertz CT molecular complexity index is 918. The number of likely N-dealkylation sites (tertiary alicyclic amines) is 1. The van der Waals surface area contributed by atoms with E-state index in [9.17, 15) is 4.79 Å². The fraction of sp³-hybridized carbons (Fsp3) is 0.273. The van der Waals surface area contributed by atoms with Gasteiger partial charge in [0.2, 0.25) is 5.88 Å². The first-order valence-corrected chi connectivity index (χ1v) is 9.53. The zero-order valence-electron chi connectivity index (χ0n) is 15.6. The first-order valence-electron chi connectivity index (χ1n) is 9.53. The molecule has 1 amide bonds. The monoisotopic (exact) mass is 374 g/mol. The minimum absolute atomic E-state index is 0.0416. The molecule has 6 nitrogen and oxygen atoms in total. The SMILES string of the molecule is O=C(c1cccc(Oc2cnccn2)c1)N1CCCC(c2ccncc2)CC1. The van der Waals surface area contributed by atoms with Crippen molar-refractivity contribution in [3.8, 4) is 11.6 Å². The van der Waals surface area contributed by atoms with Crippen molar-refractivity contribution >= 4 is 5.91 Å². The van der Waals surface area contributed by atoms with Gasteiger partial charge in [-0.2, -0.15) is 0 Å². The number of carbonyl (C=O) groups is 1. The summed E-state index contributed by atoms with van der Waals surface area (Å²) in [5.74, 6) is 1.50. The highest BCUT2D eigenvalue weighted by Gasteiger charge is 2.22. The first kappa shape index (κ1) is 18.1. The minimum Gasteiger partial charge on any atom is -0.437 e. The van der Waals surface area contributed by atoms with Crippen LogP contribution in [0.4, 0.5) is 0 Å². The summed E-state index contributed by atoms with van der Waals surface area (Å²) in [6, 6.07) is 11.4. The summed E-state index contributed by atoms with van der Waals surface area (Å²) in [5, 5.41) is 0. The Morgan fingerprint density at radius 3 is 2.71 bits per heavy atom. The Labute approximate surface area is 164 Å². The van der Waals surface area contributed by atoms with Gasteiger partial charge in [0.25, 0.3) is 5.91 Å². The third-order valence-corrected chi connectivity index (χ3v) is 5.04. The molecule has 0 radical (unpaired) electrons. The van der Waals surface area contributed by atoms with Crippen LogP contribution < -0.4 is 4.74 Å². The van der Waals surface area contributed by atoms with Crippen LogP contribution in [-0.4, -0.2) is 38.8 Å². The van der Waals surface area contributed by atoms with Crippen LogP contribution in [0.3, 0.4) is 0 Å². The average Bonchev–Trinajstić information content (AvgIpc) is 3.01. The maximum Gasteiger partial charge on any atom is 0.253 e. The number of pyridine rings is 1. The van der Waals surface area contributed by atoms with E-state index in [0.29, 0.717) is 23.1 Å².